The first-order chi connectivity index (χ1) is 11.1. The Bertz CT molecular complexity index is 950. The number of carbonyl (C=O) groups is 1. The molecule has 1 aromatic carbocycles. The summed E-state index contributed by atoms with van der Waals surface area (Å²) in [5, 5.41) is 4.62. The van der Waals surface area contributed by atoms with E-state index in [4.69, 9.17) is 0 Å². The maximum Gasteiger partial charge on any atom is 0.274 e. The molecule has 2 aromatic heterocycles. The minimum Gasteiger partial charge on any atom is -0.352 e. The van der Waals surface area contributed by atoms with Gasteiger partial charge in [-0.2, -0.15) is 0 Å². The van der Waals surface area contributed by atoms with Crippen molar-refractivity contribution in [1.82, 2.24) is 14.5 Å². The fourth-order valence-corrected chi connectivity index (χ4v) is 3.05. The molecule has 1 amide bonds. The Morgan fingerprint density at radius 1 is 1.22 bits per heavy atom. The fraction of sp³-hybridized carbons (Fsp3) is 0.333. The number of benzene rings is 1. The minimum atomic E-state index is -0.129. The molecule has 23 heavy (non-hydrogen) atoms. The van der Waals surface area contributed by atoms with Crippen molar-refractivity contribution < 1.29 is 4.79 Å². The monoisotopic (exact) mass is 311 g/mol. The third-order valence-electron chi connectivity index (χ3n) is 4.28. The van der Waals surface area contributed by atoms with Gasteiger partial charge in [-0.05, 0) is 12.5 Å². The number of aryl methyl sites for hydroxylation is 2. The van der Waals surface area contributed by atoms with E-state index in [9.17, 15) is 9.59 Å². The predicted molar refractivity (Wildman–Crippen MR) is 92.9 cm³/mol. The van der Waals surface area contributed by atoms with Crippen molar-refractivity contribution in [1.29, 1.82) is 0 Å². The van der Waals surface area contributed by atoms with Gasteiger partial charge in [-0.25, -0.2) is 0 Å². The van der Waals surface area contributed by atoms with Gasteiger partial charge in [0.2, 0.25) is 0 Å². The molecular formula is C18H21N3O2. The smallest absolute Gasteiger partial charge is 0.274 e. The molecule has 0 aliphatic rings. The summed E-state index contributed by atoms with van der Waals surface area (Å²) in [5.41, 5.74) is 1.98. The van der Waals surface area contributed by atoms with E-state index in [1.807, 2.05) is 35.9 Å². The molecule has 120 valence electrons. The third kappa shape index (κ3) is 2.42. The van der Waals surface area contributed by atoms with Gasteiger partial charge in [0, 0.05) is 43.1 Å². The summed E-state index contributed by atoms with van der Waals surface area (Å²) < 4.78 is 3.35. The van der Waals surface area contributed by atoms with Gasteiger partial charge in [0.1, 0.15) is 5.52 Å². The van der Waals surface area contributed by atoms with Crippen LogP contribution in [0.2, 0.25) is 0 Å². The average Bonchev–Trinajstić information content (AvgIpc) is 2.85. The van der Waals surface area contributed by atoms with Crippen molar-refractivity contribution in [2.75, 3.05) is 6.54 Å². The highest BCUT2D eigenvalue weighted by molar-refractivity contribution is 6.17. The molecule has 0 bridgehead atoms. The molecule has 5 heteroatoms. The van der Waals surface area contributed by atoms with Crippen LogP contribution in [0.1, 0.15) is 30.1 Å². The second-order valence-electron chi connectivity index (χ2n) is 5.87. The number of aromatic nitrogens is 2. The third-order valence-corrected chi connectivity index (χ3v) is 4.28. The molecule has 0 unspecified atom stereocenters. The summed E-state index contributed by atoms with van der Waals surface area (Å²) in [6.07, 6.45) is 3.60. The first-order valence-electron chi connectivity index (χ1n) is 7.91. The molecular weight excluding hydrogens is 290 g/mol. The zero-order valence-corrected chi connectivity index (χ0v) is 13.7. The number of amides is 1. The van der Waals surface area contributed by atoms with Crippen molar-refractivity contribution in [2.24, 2.45) is 14.1 Å². The van der Waals surface area contributed by atoms with E-state index in [1.54, 1.807) is 13.2 Å². The summed E-state index contributed by atoms with van der Waals surface area (Å²) in [5.74, 6) is -0.129. The largest absolute Gasteiger partial charge is 0.352 e. The number of hydrogen-bond donors (Lipinski definition) is 1. The maximum atomic E-state index is 12.6. The molecule has 3 rings (SSSR count). The molecule has 2 heterocycles. The number of nitrogens with one attached hydrogen (secondary N) is 1. The van der Waals surface area contributed by atoms with Crippen LogP contribution in [0.5, 0.6) is 0 Å². The average molecular weight is 311 g/mol. The number of unbranched alkanes of at least 4 members (excludes halogenated alkanes) is 1. The molecule has 5 nitrogen and oxygen atoms in total. The lowest BCUT2D eigenvalue weighted by atomic mass is 10.1. The first kappa shape index (κ1) is 15.3. The molecule has 0 fully saturated rings. The van der Waals surface area contributed by atoms with Gasteiger partial charge in [0.15, 0.2) is 0 Å². The topological polar surface area (TPSA) is 56.0 Å². The summed E-state index contributed by atoms with van der Waals surface area (Å²) in [6.45, 7) is 2.73. The number of fused-ring (bicyclic) bond motifs is 3. The Labute approximate surface area is 134 Å². The summed E-state index contributed by atoms with van der Waals surface area (Å²) in [6, 6.07) is 7.79. The Morgan fingerprint density at radius 2 is 1.96 bits per heavy atom. The molecule has 0 saturated carbocycles. The van der Waals surface area contributed by atoms with Gasteiger partial charge in [-0.1, -0.05) is 31.5 Å². The standard InChI is InChI=1S/C18H21N3O2/c1-4-5-10-19-17(22)13-11-20(2)18(23)16-15(13)12-8-6-7-9-14(12)21(16)3/h6-9,11H,4-5,10H2,1-3H3,(H,19,22). The zero-order valence-electron chi connectivity index (χ0n) is 13.7. The van der Waals surface area contributed by atoms with E-state index in [0.29, 0.717) is 17.6 Å². The quantitative estimate of drug-likeness (QED) is 0.753. The van der Waals surface area contributed by atoms with E-state index in [2.05, 4.69) is 12.2 Å². The van der Waals surface area contributed by atoms with Gasteiger partial charge in [0.25, 0.3) is 11.5 Å². The van der Waals surface area contributed by atoms with Crippen LogP contribution >= 0.6 is 0 Å². The molecule has 3 aromatic rings. The normalized spacial score (nSPS) is 11.3. The molecule has 0 radical (unpaired) electrons. The van der Waals surface area contributed by atoms with Gasteiger partial charge in [-0.3, -0.25) is 9.59 Å². The van der Waals surface area contributed by atoms with Crippen LogP contribution in [-0.4, -0.2) is 21.6 Å². The SMILES string of the molecule is CCCCNC(=O)c1cn(C)c(=O)c2c1c1ccccc1n2C. The Hall–Kier alpha value is -2.56. The lowest BCUT2D eigenvalue weighted by Crippen LogP contribution is -2.27. The lowest BCUT2D eigenvalue weighted by molar-refractivity contribution is 0.0954. The van der Waals surface area contributed by atoms with Crippen molar-refractivity contribution in [3.05, 3.63) is 46.4 Å². The second kappa shape index (κ2) is 5.91. The van der Waals surface area contributed by atoms with Crippen LogP contribution < -0.4 is 10.9 Å². The molecule has 1 N–H and O–H groups in total. The van der Waals surface area contributed by atoms with E-state index in [-0.39, 0.29) is 11.5 Å². The van der Waals surface area contributed by atoms with Crippen molar-refractivity contribution >= 4 is 27.7 Å². The Balaban J connectivity index is 2.30. The molecule has 0 aliphatic carbocycles. The van der Waals surface area contributed by atoms with Crippen LogP contribution in [0.4, 0.5) is 0 Å². The summed E-state index contributed by atoms with van der Waals surface area (Å²) >= 11 is 0. The van der Waals surface area contributed by atoms with Crippen molar-refractivity contribution in [3.8, 4) is 0 Å². The van der Waals surface area contributed by atoms with Gasteiger partial charge >= 0.3 is 0 Å². The summed E-state index contributed by atoms with van der Waals surface area (Å²) in [4.78, 5) is 25.2. The van der Waals surface area contributed by atoms with Crippen LogP contribution in [-0.2, 0) is 14.1 Å². The fourth-order valence-electron chi connectivity index (χ4n) is 3.05. The Kier molecular flexibility index (Phi) is 3.94. The zero-order chi connectivity index (χ0) is 16.6. The number of hydrogen-bond acceptors (Lipinski definition) is 2. The predicted octanol–water partition coefficient (Wildman–Crippen LogP) is 2.56. The lowest BCUT2D eigenvalue weighted by Gasteiger charge is -2.08. The number of nitrogens with zero attached hydrogens (tertiary/aromatic N) is 2. The molecule has 0 aliphatic heterocycles. The number of carbonyl (C=O) groups excluding carboxylic acids is 1. The van der Waals surface area contributed by atoms with Crippen LogP contribution in [0.15, 0.2) is 35.3 Å². The van der Waals surface area contributed by atoms with Gasteiger partial charge in [0.05, 0.1) is 5.56 Å². The second-order valence-corrected chi connectivity index (χ2v) is 5.87. The van der Waals surface area contributed by atoms with Crippen molar-refractivity contribution in [3.63, 3.8) is 0 Å². The van der Waals surface area contributed by atoms with E-state index < -0.39 is 0 Å². The highest BCUT2D eigenvalue weighted by atomic mass is 16.2. The molecule has 0 atom stereocenters. The first-order valence-corrected chi connectivity index (χ1v) is 7.91. The van der Waals surface area contributed by atoms with Gasteiger partial charge in [-0.15, -0.1) is 0 Å². The van der Waals surface area contributed by atoms with Crippen LogP contribution in [0.3, 0.4) is 0 Å². The van der Waals surface area contributed by atoms with Crippen LogP contribution in [0.25, 0.3) is 21.8 Å². The number of para-hydroxylation sites is 1. The molecule has 0 saturated heterocycles. The van der Waals surface area contributed by atoms with E-state index in [0.717, 1.165) is 29.1 Å². The maximum absolute atomic E-state index is 12.6. The van der Waals surface area contributed by atoms with Gasteiger partial charge < -0.3 is 14.5 Å². The molecule has 0 spiro atoms. The number of rotatable bonds is 4. The Morgan fingerprint density at radius 3 is 2.70 bits per heavy atom. The minimum absolute atomic E-state index is 0.0937. The highest BCUT2D eigenvalue weighted by Gasteiger charge is 2.19. The summed E-state index contributed by atoms with van der Waals surface area (Å²) in [7, 11) is 3.55. The van der Waals surface area contributed by atoms with E-state index in [1.165, 1.54) is 4.57 Å². The van der Waals surface area contributed by atoms with Crippen LogP contribution in [0, 0.1) is 0 Å². The van der Waals surface area contributed by atoms with Crippen molar-refractivity contribution in [2.45, 2.75) is 19.8 Å². The number of pyridine rings is 1. The van der Waals surface area contributed by atoms with E-state index >= 15 is 0 Å². The highest BCUT2D eigenvalue weighted by Crippen LogP contribution is 2.28.